The molecule has 2 aliphatic rings. The third-order valence-electron chi connectivity index (χ3n) is 4.34. The summed E-state index contributed by atoms with van der Waals surface area (Å²) < 4.78 is 5.78. The van der Waals surface area contributed by atoms with E-state index < -0.39 is 5.97 Å². The lowest BCUT2D eigenvalue weighted by atomic mass is 10.1. The van der Waals surface area contributed by atoms with Gasteiger partial charge in [-0.3, -0.25) is 14.6 Å². The fourth-order valence-electron chi connectivity index (χ4n) is 3.41. The van der Waals surface area contributed by atoms with E-state index in [1.165, 1.54) is 4.88 Å². The molecular formula is C17H22N2O4S. The van der Waals surface area contributed by atoms with Crippen LogP contribution in [0.2, 0.25) is 0 Å². The van der Waals surface area contributed by atoms with Crippen molar-refractivity contribution >= 4 is 17.3 Å². The summed E-state index contributed by atoms with van der Waals surface area (Å²) in [6, 6.07) is 2.28. The minimum absolute atomic E-state index is 0.0980. The average molecular weight is 350 g/mol. The summed E-state index contributed by atoms with van der Waals surface area (Å²) in [4.78, 5) is 16.7. The molecule has 2 saturated heterocycles. The van der Waals surface area contributed by atoms with Gasteiger partial charge in [0.2, 0.25) is 0 Å². The van der Waals surface area contributed by atoms with Gasteiger partial charge in [-0.25, -0.2) is 0 Å². The molecule has 0 amide bonds. The lowest BCUT2D eigenvalue weighted by Gasteiger charge is -2.30. The first kappa shape index (κ1) is 17.4. The fourth-order valence-corrected chi connectivity index (χ4v) is 4.25. The lowest BCUT2D eigenvalue weighted by molar-refractivity contribution is -0.138. The number of carboxylic acids is 1. The highest BCUT2D eigenvalue weighted by atomic mass is 32.1. The Hall–Kier alpha value is -1.43. The zero-order valence-corrected chi connectivity index (χ0v) is 14.3. The first-order valence-corrected chi connectivity index (χ1v) is 8.95. The van der Waals surface area contributed by atoms with Crippen LogP contribution in [-0.4, -0.2) is 78.0 Å². The molecule has 3 rings (SSSR count). The summed E-state index contributed by atoms with van der Waals surface area (Å²) in [7, 11) is 0. The summed E-state index contributed by atoms with van der Waals surface area (Å²) >= 11 is 1.67. The lowest BCUT2D eigenvalue weighted by Crippen LogP contribution is -2.44. The van der Waals surface area contributed by atoms with Crippen LogP contribution in [0.1, 0.15) is 10.4 Å². The SMILES string of the molecule is O=C(O)CN1C[C@@H]2COC[C@H](C1)N(Cc1cc(C#CCO)cs1)C2. The van der Waals surface area contributed by atoms with E-state index >= 15 is 0 Å². The van der Waals surface area contributed by atoms with Gasteiger partial charge in [-0.2, -0.15) is 0 Å². The van der Waals surface area contributed by atoms with Gasteiger partial charge in [0, 0.05) is 54.0 Å². The van der Waals surface area contributed by atoms with Crippen LogP contribution in [0.4, 0.5) is 0 Å². The Morgan fingerprint density at radius 2 is 2.25 bits per heavy atom. The molecular weight excluding hydrogens is 328 g/mol. The number of fused-ring (bicyclic) bond motifs is 3. The molecule has 7 heteroatoms. The Bertz CT molecular complexity index is 636. The third-order valence-corrected chi connectivity index (χ3v) is 5.26. The van der Waals surface area contributed by atoms with Crippen molar-refractivity contribution in [1.29, 1.82) is 0 Å². The van der Waals surface area contributed by atoms with Gasteiger partial charge in [0.05, 0.1) is 19.8 Å². The largest absolute Gasteiger partial charge is 0.480 e. The average Bonchev–Trinajstić information content (AvgIpc) is 2.79. The summed E-state index contributed by atoms with van der Waals surface area (Å²) in [5.74, 6) is 5.17. The first-order valence-electron chi connectivity index (χ1n) is 8.07. The molecule has 2 aliphatic heterocycles. The van der Waals surface area contributed by atoms with Crippen LogP contribution in [0.15, 0.2) is 11.4 Å². The number of aliphatic carboxylic acids is 1. The molecule has 0 saturated carbocycles. The van der Waals surface area contributed by atoms with E-state index in [4.69, 9.17) is 14.9 Å². The highest BCUT2D eigenvalue weighted by Crippen LogP contribution is 2.24. The molecule has 0 aliphatic carbocycles. The molecule has 0 spiro atoms. The van der Waals surface area contributed by atoms with E-state index in [1.54, 1.807) is 11.3 Å². The van der Waals surface area contributed by atoms with E-state index in [0.717, 1.165) is 31.7 Å². The molecule has 1 aromatic heterocycles. The summed E-state index contributed by atoms with van der Waals surface area (Å²) in [5.41, 5.74) is 0.936. The maximum Gasteiger partial charge on any atom is 0.317 e. The summed E-state index contributed by atoms with van der Waals surface area (Å²) in [6.07, 6.45) is 0. The molecule has 0 aromatic carbocycles. The van der Waals surface area contributed by atoms with Gasteiger partial charge in [-0.15, -0.1) is 11.3 Å². The number of ether oxygens (including phenoxy) is 1. The molecule has 24 heavy (non-hydrogen) atoms. The summed E-state index contributed by atoms with van der Waals surface area (Å²) in [6.45, 7) is 4.57. The summed E-state index contributed by atoms with van der Waals surface area (Å²) in [5, 5.41) is 19.9. The standard InChI is InChI=1S/C17H22N2O4S/c20-3-1-2-13-4-16(24-12-13)8-19-6-14-5-18(9-17(21)22)7-15(19)11-23-10-14/h4,12,14-15,20H,3,5-11H2,(H,21,22)/t14-,15-/m0/s1. The molecule has 6 nitrogen and oxygen atoms in total. The number of thiophene rings is 1. The van der Waals surface area contributed by atoms with Gasteiger partial charge in [0.25, 0.3) is 0 Å². The van der Waals surface area contributed by atoms with E-state index in [2.05, 4.69) is 22.8 Å². The number of carboxylic acid groups (broad SMARTS) is 1. The van der Waals surface area contributed by atoms with Crippen molar-refractivity contribution in [2.75, 3.05) is 46.0 Å². The van der Waals surface area contributed by atoms with Crippen molar-refractivity contribution in [3.05, 3.63) is 21.9 Å². The van der Waals surface area contributed by atoms with Crippen LogP contribution in [0, 0.1) is 17.8 Å². The van der Waals surface area contributed by atoms with Crippen molar-refractivity contribution in [2.24, 2.45) is 5.92 Å². The maximum absolute atomic E-state index is 11.0. The van der Waals surface area contributed by atoms with Crippen molar-refractivity contribution in [2.45, 2.75) is 12.6 Å². The number of aliphatic hydroxyl groups excluding tert-OH is 1. The number of rotatable bonds is 4. The van der Waals surface area contributed by atoms with Crippen LogP contribution >= 0.6 is 11.3 Å². The predicted octanol–water partition coefficient (Wildman–Crippen LogP) is 0.309. The second-order valence-electron chi connectivity index (χ2n) is 6.34. The second-order valence-corrected chi connectivity index (χ2v) is 7.33. The van der Waals surface area contributed by atoms with Crippen molar-refractivity contribution in [3.63, 3.8) is 0 Å². The van der Waals surface area contributed by atoms with Crippen LogP contribution in [0.25, 0.3) is 0 Å². The number of hydrogen-bond donors (Lipinski definition) is 2. The Morgan fingerprint density at radius 1 is 1.38 bits per heavy atom. The van der Waals surface area contributed by atoms with Gasteiger partial charge < -0.3 is 14.9 Å². The van der Waals surface area contributed by atoms with E-state index in [9.17, 15) is 4.79 Å². The first-order chi connectivity index (χ1) is 11.6. The number of carbonyl (C=O) groups is 1. The Labute approximate surface area is 145 Å². The van der Waals surface area contributed by atoms with E-state index in [0.29, 0.717) is 19.1 Å². The Balaban J connectivity index is 1.69. The Morgan fingerprint density at radius 3 is 3.04 bits per heavy atom. The minimum atomic E-state index is -0.771. The van der Waals surface area contributed by atoms with Gasteiger partial charge in [0.1, 0.15) is 6.61 Å². The molecule has 2 atom stereocenters. The normalized spacial score (nSPS) is 24.9. The topological polar surface area (TPSA) is 73.2 Å². The van der Waals surface area contributed by atoms with Crippen LogP contribution in [0.5, 0.6) is 0 Å². The highest BCUT2D eigenvalue weighted by Gasteiger charge is 2.33. The monoisotopic (exact) mass is 350 g/mol. The molecule has 0 radical (unpaired) electrons. The highest BCUT2D eigenvalue weighted by molar-refractivity contribution is 7.10. The number of nitrogens with zero attached hydrogens (tertiary/aromatic N) is 2. The second kappa shape index (κ2) is 8.10. The van der Waals surface area contributed by atoms with Crippen LogP contribution in [-0.2, 0) is 16.1 Å². The fraction of sp³-hybridized carbons (Fsp3) is 0.588. The molecule has 2 fully saturated rings. The number of aliphatic hydroxyl groups is 1. The zero-order chi connectivity index (χ0) is 16.9. The van der Waals surface area contributed by atoms with Crippen molar-refractivity contribution < 1.29 is 19.7 Å². The van der Waals surface area contributed by atoms with E-state index in [1.807, 2.05) is 10.3 Å². The predicted molar refractivity (Wildman–Crippen MR) is 90.9 cm³/mol. The van der Waals surface area contributed by atoms with Gasteiger partial charge in [0.15, 0.2) is 0 Å². The Kier molecular flexibility index (Phi) is 5.87. The zero-order valence-electron chi connectivity index (χ0n) is 13.5. The van der Waals surface area contributed by atoms with Crippen molar-refractivity contribution in [1.82, 2.24) is 9.80 Å². The molecule has 130 valence electrons. The molecule has 1 aromatic rings. The maximum atomic E-state index is 11.0. The van der Waals surface area contributed by atoms with Gasteiger partial charge in [-0.1, -0.05) is 11.8 Å². The van der Waals surface area contributed by atoms with E-state index in [-0.39, 0.29) is 19.2 Å². The molecule has 0 unspecified atom stereocenters. The van der Waals surface area contributed by atoms with Crippen LogP contribution in [0.3, 0.4) is 0 Å². The third kappa shape index (κ3) is 4.56. The van der Waals surface area contributed by atoms with Gasteiger partial charge in [-0.05, 0) is 6.07 Å². The number of hydrogen-bond acceptors (Lipinski definition) is 6. The minimum Gasteiger partial charge on any atom is -0.480 e. The smallest absolute Gasteiger partial charge is 0.317 e. The van der Waals surface area contributed by atoms with Crippen LogP contribution < -0.4 is 0 Å². The molecule has 2 N–H and O–H groups in total. The van der Waals surface area contributed by atoms with Crippen molar-refractivity contribution in [3.8, 4) is 11.8 Å². The molecule has 2 bridgehead atoms. The van der Waals surface area contributed by atoms with Gasteiger partial charge >= 0.3 is 5.97 Å². The quantitative estimate of drug-likeness (QED) is 0.762. The molecule has 3 heterocycles.